The van der Waals surface area contributed by atoms with Gasteiger partial charge in [-0.3, -0.25) is 9.69 Å². The van der Waals surface area contributed by atoms with Crippen LogP contribution in [0.4, 0.5) is 9.59 Å². The highest BCUT2D eigenvalue weighted by Gasteiger charge is 2.36. The molecule has 2 atom stereocenters. The van der Waals surface area contributed by atoms with Gasteiger partial charge >= 0.3 is 12.1 Å². The maximum absolute atomic E-state index is 11.5. The second-order valence-electron chi connectivity index (χ2n) is 4.39. The fourth-order valence-electron chi connectivity index (χ4n) is 2.14. The maximum Gasteiger partial charge on any atom is 0.409 e. The van der Waals surface area contributed by atoms with E-state index in [0.717, 1.165) is 0 Å². The first-order valence-electron chi connectivity index (χ1n) is 5.50. The molecular formula is C10H15N3O4. The lowest BCUT2D eigenvalue weighted by molar-refractivity contribution is -0.126. The predicted molar refractivity (Wildman–Crippen MR) is 57.2 cm³/mol. The van der Waals surface area contributed by atoms with Gasteiger partial charge < -0.3 is 15.0 Å². The molecule has 0 aromatic heterocycles. The second-order valence-corrected chi connectivity index (χ2v) is 4.39. The Morgan fingerprint density at radius 2 is 2.18 bits per heavy atom. The zero-order valence-electron chi connectivity index (χ0n) is 9.80. The highest BCUT2D eigenvalue weighted by atomic mass is 16.6. The van der Waals surface area contributed by atoms with E-state index in [1.54, 1.807) is 14.0 Å². The molecule has 94 valence electrons. The van der Waals surface area contributed by atoms with Crippen molar-refractivity contribution in [2.45, 2.75) is 25.5 Å². The van der Waals surface area contributed by atoms with Crippen LogP contribution in [-0.2, 0) is 9.53 Å². The maximum atomic E-state index is 11.5. The number of nitrogens with zero attached hydrogens (tertiary/aromatic N) is 2. The van der Waals surface area contributed by atoms with E-state index < -0.39 is 0 Å². The molecule has 7 heteroatoms. The van der Waals surface area contributed by atoms with E-state index in [2.05, 4.69) is 5.32 Å². The van der Waals surface area contributed by atoms with Crippen LogP contribution < -0.4 is 5.32 Å². The van der Waals surface area contributed by atoms with Crippen molar-refractivity contribution in [3.8, 4) is 0 Å². The normalized spacial score (nSPS) is 26.2. The SMILES string of the molecule is CC(CC1CN(C)C(=O)O1)N1C(=O)CNC1=O. The summed E-state index contributed by atoms with van der Waals surface area (Å²) in [6, 6.07) is -0.644. The molecular weight excluding hydrogens is 226 g/mol. The number of carbonyl (C=O) groups is 3. The zero-order chi connectivity index (χ0) is 12.6. The summed E-state index contributed by atoms with van der Waals surface area (Å²) in [5.41, 5.74) is 0. The minimum atomic E-state index is -0.375. The number of hydrogen-bond acceptors (Lipinski definition) is 4. The van der Waals surface area contributed by atoms with Crippen LogP contribution in [-0.4, -0.2) is 60.1 Å². The first kappa shape index (κ1) is 11.7. The van der Waals surface area contributed by atoms with Gasteiger partial charge in [0, 0.05) is 19.5 Å². The molecule has 0 aliphatic carbocycles. The molecule has 0 spiro atoms. The van der Waals surface area contributed by atoms with Gasteiger partial charge in [0.1, 0.15) is 6.10 Å². The summed E-state index contributed by atoms with van der Waals surface area (Å²) in [7, 11) is 1.65. The molecule has 2 heterocycles. The lowest BCUT2D eigenvalue weighted by Crippen LogP contribution is -2.41. The van der Waals surface area contributed by atoms with E-state index in [1.807, 2.05) is 0 Å². The van der Waals surface area contributed by atoms with Crippen LogP contribution in [0.25, 0.3) is 0 Å². The minimum absolute atomic E-state index is 0.0491. The molecule has 2 fully saturated rings. The van der Waals surface area contributed by atoms with Gasteiger partial charge in [-0.15, -0.1) is 0 Å². The van der Waals surface area contributed by atoms with Crippen LogP contribution in [0.2, 0.25) is 0 Å². The first-order chi connectivity index (χ1) is 7.99. The number of cyclic esters (lactones) is 1. The number of ether oxygens (including phenoxy) is 1. The van der Waals surface area contributed by atoms with Gasteiger partial charge in [-0.1, -0.05) is 0 Å². The molecule has 2 unspecified atom stereocenters. The summed E-state index contributed by atoms with van der Waals surface area (Å²) in [6.07, 6.45) is -0.155. The number of urea groups is 1. The number of imide groups is 1. The van der Waals surface area contributed by atoms with Crippen molar-refractivity contribution in [3.63, 3.8) is 0 Å². The summed E-state index contributed by atoms with van der Waals surface area (Å²) in [6.45, 7) is 2.31. The van der Waals surface area contributed by atoms with Crippen molar-refractivity contribution in [1.29, 1.82) is 0 Å². The number of nitrogens with one attached hydrogen (secondary N) is 1. The molecule has 17 heavy (non-hydrogen) atoms. The Morgan fingerprint density at radius 1 is 1.47 bits per heavy atom. The molecule has 0 saturated carbocycles. The Morgan fingerprint density at radius 3 is 2.65 bits per heavy atom. The number of hydrogen-bond donors (Lipinski definition) is 1. The highest BCUT2D eigenvalue weighted by molar-refractivity contribution is 6.02. The minimum Gasteiger partial charge on any atom is -0.444 e. The van der Waals surface area contributed by atoms with Crippen LogP contribution in [0.15, 0.2) is 0 Å². The smallest absolute Gasteiger partial charge is 0.409 e. The van der Waals surface area contributed by atoms with Gasteiger partial charge in [0.2, 0.25) is 5.91 Å². The molecule has 2 aliphatic rings. The van der Waals surface area contributed by atoms with Crippen molar-refractivity contribution in [2.75, 3.05) is 20.1 Å². The molecule has 0 aromatic rings. The standard InChI is InChI=1S/C10H15N3O4/c1-6(13-8(14)4-11-9(13)15)3-7-5-12(2)10(16)17-7/h6-7H,3-5H2,1-2H3,(H,11,15). The summed E-state index contributed by atoms with van der Waals surface area (Å²) in [5.74, 6) is -0.236. The van der Waals surface area contributed by atoms with Crippen molar-refractivity contribution >= 4 is 18.0 Å². The predicted octanol–water partition coefficient (Wildman–Crippen LogP) is -0.233. The third-order valence-electron chi connectivity index (χ3n) is 2.98. The Balaban J connectivity index is 1.93. The third-order valence-corrected chi connectivity index (χ3v) is 2.98. The van der Waals surface area contributed by atoms with E-state index in [1.165, 1.54) is 9.80 Å². The molecule has 2 aliphatic heterocycles. The van der Waals surface area contributed by atoms with Gasteiger partial charge in [-0.05, 0) is 6.92 Å². The molecule has 4 amide bonds. The van der Waals surface area contributed by atoms with Crippen LogP contribution in [0.1, 0.15) is 13.3 Å². The number of likely N-dealkylation sites (N-methyl/N-ethyl adjacent to an activating group) is 1. The van der Waals surface area contributed by atoms with Gasteiger partial charge in [0.05, 0.1) is 13.1 Å². The van der Waals surface area contributed by atoms with Gasteiger partial charge in [0.15, 0.2) is 0 Å². The van der Waals surface area contributed by atoms with Gasteiger partial charge in [-0.2, -0.15) is 0 Å². The number of carbonyl (C=O) groups excluding carboxylic acids is 3. The van der Waals surface area contributed by atoms with E-state index in [9.17, 15) is 14.4 Å². The summed E-state index contributed by atoms with van der Waals surface area (Å²) < 4.78 is 5.09. The lowest BCUT2D eigenvalue weighted by Gasteiger charge is -2.22. The first-order valence-corrected chi connectivity index (χ1v) is 5.50. The van der Waals surface area contributed by atoms with E-state index in [4.69, 9.17) is 4.74 Å². The van der Waals surface area contributed by atoms with Crippen LogP contribution in [0.5, 0.6) is 0 Å². The van der Waals surface area contributed by atoms with Crippen LogP contribution in [0.3, 0.4) is 0 Å². The number of rotatable bonds is 3. The average Bonchev–Trinajstić information content (AvgIpc) is 2.72. The highest BCUT2D eigenvalue weighted by Crippen LogP contribution is 2.18. The molecule has 2 rings (SSSR count). The molecule has 7 nitrogen and oxygen atoms in total. The topological polar surface area (TPSA) is 79.0 Å². The summed E-state index contributed by atoms with van der Waals surface area (Å²) >= 11 is 0. The summed E-state index contributed by atoms with van der Waals surface area (Å²) in [5, 5.41) is 2.46. The Hall–Kier alpha value is -1.79. The van der Waals surface area contributed by atoms with Gasteiger partial charge in [-0.25, -0.2) is 9.59 Å². The molecule has 0 aromatic carbocycles. The zero-order valence-corrected chi connectivity index (χ0v) is 9.80. The lowest BCUT2D eigenvalue weighted by atomic mass is 10.1. The average molecular weight is 241 g/mol. The number of amides is 4. The Bertz CT molecular complexity index is 355. The monoisotopic (exact) mass is 241 g/mol. The Kier molecular flexibility index (Phi) is 2.91. The van der Waals surface area contributed by atoms with Crippen molar-refractivity contribution in [1.82, 2.24) is 15.1 Å². The van der Waals surface area contributed by atoms with E-state index >= 15 is 0 Å². The van der Waals surface area contributed by atoms with Crippen molar-refractivity contribution in [3.05, 3.63) is 0 Å². The second kappa shape index (κ2) is 4.23. The Labute approximate surface area is 98.7 Å². The summed E-state index contributed by atoms with van der Waals surface area (Å²) in [4.78, 5) is 36.7. The molecule has 0 radical (unpaired) electrons. The fraction of sp³-hybridized carbons (Fsp3) is 0.700. The third kappa shape index (κ3) is 2.17. The fourth-order valence-corrected chi connectivity index (χ4v) is 2.14. The quantitative estimate of drug-likeness (QED) is 0.692. The van der Waals surface area contributed by atoms with Crippen LogP contribution in [0, 0.1) is 0 Å². The van der Waals surface area contributed by atoms with Crippen molar-refractivity contribution in [2.24, 2.45) is 0 Å². The van der Waals surface area contributed by atoms with Crippen molar-refractivity contribution < 1.29 is 19.1 Å². The van der Waals surface area contributed by atoms with Gasteiger partial charge in [0.25, 0.3) is 0 Å². The largest absolute Gasteiger partial charge is 0.444 e. The molecule has 2 saturated heterocycles. The molecule has 0 bridgehead atoms. The van der Waals surface area contributed by atoms with E-state index in [0.29, 0.717) is 13.0 Å². The van der Waals surface area contributed by atoms with Crippen LogP contribution >= 0.6 is 0 Å². The molecule has 1 N–H and O–H groups in total. The van der Waals surface area contributed by atoms with E-state index in [-0.39, 0.29) is 36.7 Å².